The third kappa shape index (κ3) is 2.92. The van der Waals surface area contributed by atoms with Crippen LogP contribution in [0, 0.1) is 0 Å². The van der Waals surface area contributed by atoms with E-state index in [1.165, 1.54) is 37.9 Å². The van der Waals surface area contributed by atoms with E-state index in [4.69, 9.17) is 0 Å². The van der Waals surface area contributed by atoms with Crippen molar-refractivity contribution >= 4 is 6.29 Å². The third-order valence-electron chi connectivity index (χ3n) is 3.33. The Morgan fingerprint density at radius 3 is 2.62 bits per heavy atom. The van der Waals surface area contributed by atoms with Gasteiger partial charge >= 0.3 is 0 Å². The third-order valence-corrected chi connectivity index (χ3v) is 3.33. The van der Waals surface area contributed by atoms with Crippen LogP contribution in [0.4, 0.5) is 0 Å². The number of hydrogen-bond acceptors (Lipinski definition) is 2. The van der Waals surface area contributed by atoms with Gasteiger partial charge in [-0.1, -0.05) is 30.7 Å². The van der Waals surface area contributed by atoms with Gasteiger partial charge in [0.1, 0.15) is 6.29 Å². The zero-order chi connectivity index (χ0) is 11.2. The van der Waals surface area contributed by atoms with Crippen LogP contribution in [-0.2, 0) is 6.42 Å². The maximum Gasteiger partial charge on any atom is 0.150 e. The number of carbonyl (C=O) groups is 1. The summed E-state index contributed by atoms with van der Waals surface area (Å²) < 4.78 is 0. The molecule has 1 heterocycles. The molecule has 2 nitrogen and oxygen atoms in total. The molecule has 0 spiro atoms. The Kier molecular flexibility index (Phi) is 4.11. The highest BCUT2D eigenvalue weighted by atomic mass is 16.1. The Labute approximate surface area is 97.3 Å². The maximum absolute atomic E-state index is 10.9. The van der Waals surface area contributed by atoms with Gasteiger partial charge in [0.2, 0.25) is 0 Å². The highest BCUT2D eigenvalue weighted by Crippen LogP contribution is 2.11. The lowest BCUT2D eigenvalue weighted by Crippen LogP contribution is -2.31. The van der Waals surface area contributed by atoms with Crippen LogP contribution in [0.25, 0.3) is 0 Å². The number of hydrogen-bond donors (Lipinski definition) is 0. The maximum atomic E-state index is 10.9. The first kappa shape index (κ1) is 11.3. The van der Waals surface area contributed by atoms with E-state index in [0.29, 0.717) is 0 Å². The molecule has 0 N–H and O–H groups in total. The summed E-state index contributed by atoms with van der Waals surface area (Å²) in [6, 6.07) is 7.90. The summed E-state index contributed by atoms with van der Waals surface area (Å²) in [6.07, 6.45) is 5.99. The zero-order valence-corrected chi connectivity index (χ0v) is 9.69. The molecular formula is C14H19NO. The van der Waals surface area contributed by atoms with Gasteiger partial charge in [0.15, 0.2) is 0 Å². The van der Waals surface area contributed by atoms with Crippen LogP contribution in [0.1, 0.15) is 35.2 Å². The van der Waals surface area contributed by atoms with Crippen molar-refractivity contribution in [3.8, 4) is 0 Å². The van der Waals surface area contributed by atoms with Gasteiger partial charge in [0, 0.05) is 12.1 Å². The minimum Gasteiger partial charge on any atom is -0.303 e. The minimum absolute atomic E-state index is 0.847. The van der Waals surface area contributed by atoms with Crippen molar-refractivity contribution in [2.75, 3.05) is 19.6 Å². The van der Waals surface area contributed by atoms with Crippen molar-refractivity contribution < 1.29 is 4.79 Å². The number of likely N-dealkylation sites (tertiary alicyclic amines) is 1. The normalized spacial score (nSPS) is 17.2. The SMILES string of the molecule is O=Cc1ccccc1CCN1CCCCC1. The molecule has 1 saturated heterocycles. The second-order valence-electron chi connectivity index (χ2n) is 4.47. The van der Waals surface area contributed by atoms with Gasteiger partial charge in [0.25, 0.3) is 0 Å². The van der Waals surface area contributed by atoms with Crippen LogP contribution in [0.5, 0.6) is 0 Å². The van der Waals surface area contributed by atoms with E-state index < -0.39 is 0 Å². The first-order valence-corrected chi connectivity index (χ1v) is 6.15. The predicted molar refractivity (Wildman–Crippen MR) is 65.8 cm³/mol. The van der Waals surface area contributed by atoms with Crippen molar-refractivity contribution in [1.29, 1.82) is 0 Å². The fourth-order valence-electron chi connectivity index (χ4n) is 2.34. The summed E-state index contributed by atoms with van der Waals surface area (Å²) in [7, 11) is 0. The summed E-state index contributed by atoms with van der Waals surface area (Å²) in [4.78, 5) is 13.4. The van der Waals surface area contributed by atoms with E-state index in [1.807, 2.05) is 18.2 Å². The lowest BCUT2D eigenvalue weighted by molar-refractivity contribution is 0.112. The molecule has 1 aliphatic rings. The molecule has 86 valence electrons. The number of aldehydes is 1. The molecule has 0 atom stereocenters. The molecule has 0 radical (unpaired) electrons. The van der Waals surface area contributed by atoms with Crippen molar-refractivity contribution in [2.45, 2.75) is 25.7 Å². The average molecular weight is 217 g/mol. The summed E-state index contributed by atoms with van der Waals surface area (Å²) in [5, 5.41) is 0. The summed E-state index contributed by atoms with van der Waals surface area (Å²) in [5.41, 5.74) is 2.03. The summed E-state index contributed by atoms with van der Waals surface area (Å²) >= 11 is 0. The number of rotatable bonds is 4. The molecule has 0 amide bonds. The molecule has 0 aromatic heterocycles. The van der Waals surface area contributed by atoms with Crippen LogP contribution >= 0.6 is 0 Å². The van der Waals surface area contributed by atoms with Crippen LogP contribution in [0.15, 0.2) is 24.3 Å². The van der Waals surface area contributed by atoms with Crippen LogP contribution in [0.3, 0.4) is 0 Å². The molecule has 2 rings (SSSR count). The average Bonchev–Trinajstić information content (AvgIpc) is 2.38. The molecule has 0 aliphatic carbocycles. The minimum atomic E-state index is 0.847. The topological polar surface area (TPSA) is 20.3 Å². The Morgan fingerprint density at radius 1 is 1.12 bits per heavy atom. The van der Waals surface area contributed by atoms with Gasteiger partial charge in [-0.15, -0.1) is 0 Å². The van der Waals surface area contributed by atoms with Gasteiger partial charge in [0.05, 0.1) is 0 Å². The van der Waals surface area contributed by atoms with Crippen molar-refractivity contribution in [1.82, 2.24) is 4.90 Å². The Balaban J connectivity index is 1.90. The fraction of sp³-hybridized carbons (Fsp3) is 0.500. The molecule has 16 heavy (non-hydrogen) atoms. The second-order valence-corrected chi connectivity index (χ2v) is 4.47. The molecule has 2 heteroatoms. The van der Waals surface area contributed by atoms with E-state index in [1.54, 1.807) is 0 Å². The predicted octanol–water partition coefficient (Wildman–Crippen LogP) is 2.53. The number of carbonyl (C=O) groups excluding carboxylic acids is 1. The standard InChI is InChI=1S/C14H19NO/c16-12-14-7-3-2-6-13(14)8-11-15-9-4-1-5-10-15/h2-3,6-7,12H,1,4-5,8-11H2. The quantitative estimate of drug-likeness (QED) is 0.722. The monoisotopic (exact) mass is 217 g/mol. The first-order valence-electron chi connectivity index (χ1n) is 6.15. The van der Waals surface area contributed by atoms with Crippen molar-refractivity contribution in [2.24, 2.45) is 0 Å². The molecule has 0 bridgehead atoms. The van der Waals surface area contributed by atoms with Gasteiger partial charge in [-0.3, -0.25) is 4.79 Å². The van der Waals surface area contributed by atoms with Crippen molar-refractivity contribution in [3.63, 3.8) is 0 Å². The number of nitrogens with zero attached hydrogens (tertiary/aromatic N) is 1. The Morgan fingerprint density at radius 2 is 1.88 bits per heavy atom. The van der Waals surface area contributed by atoms with Gasteiger partial charge in [-0.2, -0.15) is 0 Å². The molecule has 1 fully saturated rings. The summed E-state index contributed by atoms with van der Waals surface area (Å²) in [6.45, 7) is 3.54. The number of piperidine rings is 1. The largest absolute Gasteiger partial charge is 0.303 e. The van der Waals surface area contributed by atoms with Gasteiger partial charge < -0.3 is 4.90 Å². The highest BCUT2D eigenvalue weighted by molar-refractivity contribution is 5.77. The molecule has 0 saturated carbocycles. The smallest absolute Gasteiger partial charge is 0.150 e. The highest BCUT2D eigenvalue weighted by Gasteiger charge is 2.10. The van der Waals surface area contributed by atoms with E-state index >= 15 is 0 Å². The van der Waals surface area contributed by atoms with Gasteiger partial charge in [-0.05, 0) is 37.9 Å². The molecule has 1 aromatic carbocycles. The molecule has 1 aliphatic heterocycles. The van der Waals surface area contributed by atoms with Crippen molar-refractivity contribution in [3.05, 3.63) is 35.4 Å². The second kappa shape index (κ2) is 5.80. The Hall–Kier alpha value is -1.15. The van der Waals surface area contributed by atoms with E-state index in [9.17, 15) is 4.79 Å². The lowest BCUT2D eigenvalue weighted by Gasteiger charge is -2.26. The van der Waals surface area contributed by atoms with Gasteiger partial charge in [-0.25, -0.2) is 0 Å². The fourth-order valence-corrected chi connectivity index (χ4v) is 2.34. The lowest BCUT2D eigenvalue weighted by atomic mass is 10.0. The van der Waals surface area contributed by atoms with E-state index in [2.05, 4.69) is 11.0 Å². The van der Waals surface area contributed by atoms with Crippen LogP contribution < -0.4 is 0 Å². The van der Waals surface area contributed by atoms with Crippen LogP contribution in [-0.4, -0.2) is 30.8 Å². The van der Waals surface area contributed by atoms with E-state index in [0.717, 1.165) is 24.8 Å². The molecule has 0 unspecified atom stereocenters. The first-order chi connectivity index (χ1) is 7.90. The Bertz CT molecular complexity index is 342. The summed E-state index contributed by atoms with van der Waals surface area (Å²) in [5.74, 6) is 0. The molecule has 1 aromatic rings. The zero-order valence-electron chi connectivity index (χ0n) is 9.69. The number of benzene rings is 1. The van der Waals surface area contributed by atoms with Crippen LogP contribution in [0.2, 0.25) is 0 Å². The molecular weight excluding hydrogens is 198 g/mol. The van der Waals surface area contributed by atoms with E-state index in [-0.39, 0.29) is 0 Å².